The van der Waals surface area contributed by atoms with E-state index in [1.807, 2.05) is 4.90 Å². The number of ether oxygens (including phenoxy) is 2. The van der Waals surface area contributed by atoms with Gasteiger partial charge >= 0.3 is 5.97 Å². The van der Waals surface area contributed by atoms with E-state index in [0.717, 1.165) is 5.56 Å². The molecule has 0 bridgehead atoms. The molecule has 7 heteroatoms. The molecule has 1 atom stereocenters. The van der Waals surface area contributed by atoms with Crippen molar-refractivity contribution in [3.8, 4) is 0 Å². The maximum Gasteiger partial charge on any atom is 0.310 e. The number of esters is 1. The van der Waals surface area contributed by atoms with Gasteiger partial charge in [-0.15, -0.1) is 0 Å². The number of imide groups is 1. The third kappa shape index (κ3) is 3.88. The SMILES string of the molecule is CCOC(=O)Cc1ccc(N2C(=O)CC(N3CCOCC3)C2=O)cc1. The Kier molecular flexibility index (Phi) is 5.45. The second kappa shape index (κ2) is 7.76. The number of carbonyl (C=O) groups excluding carboxylic acids is 3. The molecule has 0 spiro atoms. The molecule has 2 aliphatic rings. The van der Waals surface area contributed by atoms with Gasteiger partial charge in [0.15, 0.2) is 0 Å². The zero-order valence-electron chi connectivity index (χ0n) is 14.3. The summed E-state index contributed by atoms with van der Waals surface area (Å²) in [5.74, 6) is -0.680. The van der Waals surface area contributed by atoms with E-state index < -0.39 is 6.04 Å². The Balaban J connectivity index is 1.69. The van der Waals surface area contributed by atoms with Gasteiger partial charge in [0.25, 0.3) is 5.91 Å². The second-order valence-electron chi connectivity index (χ2n) is 6.08. The minimum absolute atomic E-state index is 0.173. The van der Waals surface area contributed by atoms with Gasteiger partial charge in [0.2, 0.25) is 5.91 Å². The average Bonchev–Trinajstić information content (AvgIpc) is 2.91. The molecule has 0 radical (unpaired) electrons. The molecule has 134 valence electrons. The number of anilines is 1. The Morgan fingerprint density at radius 3 is 2.52 bits per heavy atom. The normalized spacial score (nSPS) is 21.6. The van der Waals surface area contributed by atoms with Crippen molar-refractivity contribution in [3.05, 3.63) is 29.8 Å². The van der Waals surface area contributed by atoms with Crippen LogP contribution in [0, 0.1) is 0 Å². The first-order valence-corrected chi connectivity index (χ1v) is 8.53. The van der Waals surface area contributed by atoms with Crippen LogP contribution in [0.25, 0.3) is 0 Å². The summed E-state index contributed by atoms with van der Waals surface area (Å²) in [5, 5.41) is 0. The lowest BCUT2D eigenvalue weighted by Gasteiger charge is -2.30. The molecular formula is C18H22N2O5. The van der Waals surface area contributed by atoms with Crippen molar-refractivity contribution in [2.45, 2.75) is 25.8 Å². The highest BCUT2D eigenvalue weighted by molar-refractivity contribution is 6.22. The molecule has 1 unspecified atom stereocenters. The second-order valence-corrected chi connectivity index (χ2v) is 6.08. The van der Waals surface area contributed by atoms with Crippen molar-refractivity contribution < 1.29 is 23.9 Å². The zero-order valence-corrected chi connectivity index (χ0v) is 14.3. The zero-order chi connectivity index (χ0) is 17.8. The lowest BCUT2D eigenvalue weighted by Crippen LogP contribution is -2.47. The van der Waals surface area contributed by atoms with E-state index in [1.54, 1.807) is 31.2 Å². The van der Waals surface area contributed by atoms with E-state index in [9.17, 15) is 14.4 Å². The highest BCUT2D eigenvalue weighted by Crippen LogP contribution is 2.26. The Hall–Kier alpha value is -2.25. The smallest absolute Gasteiger partial charge is 0.310 e. The van der Waals surface area contributed by atoms with Crippen molar-refractivity contribution >= 4 is 23.5 Å². The van der Waals surface area contributed by atoms with Gasteiger partial charge in [-0.2, -0.15) is 0 Å². The van der Waals surface area contributed by atoms with Crippen LogP contribution >= 0.6 is 0 Å². The van der Waals surface area contributed by atoms with Crippen LogP contribution in [0.3, 0.4) is 0 Å². The fourth-order valence-corrected chi connectivity index (χ4v) is 3.20. The van der Waals surface area contributed by atoms with Crippen LogP contribution in [0.1, 0.15) is 18.9 Å². The molecule has 3 rings (SSSR count). The molecule has 1 aromatic rings. The molecule has 25 heavy (non-hydrogen) atoms. The molecule has 2 heterocycles. The van der Waals surface area contributed by atoms with Gasteiger partial charge in [0.05, 0.1) is 44.4 Å². The number of carbonyl (C=O) groups is 3. The maximum atomic E-state index is 12.7. The van der Waals surface area contributed by atoms with Crippen molar-refractivity contribution in [3.63, 3.8) is 0 Å². The van der Waals surface area contributed by atoms with Crippen LogP contribution in [0.15, 0.2) is 24.3 Å². The maximum absolute atomic E-state index is 12.7. The number of rotatable bonds is 5. The summed E-state index contributed by atoms with van der Waals surface area (Å²) >= 11 is 0. The molecule has 2 fully saturated rings. The topological polar surface area (TPSA) is 76.2 Å². The first-order valence-electron chi connectivity index (χ1n) is 8.53. The van der Waals surface area contributed by atoms with Crippen LogP contribution in [-0.2, 0) is 30.3 Å². The fourth-order valence-electron chi connectivity index (χ4n) is 3.20. The summed E-state index contributed by atoms with van der Waals surface area (Å²) in [4.78, 5) is 39.8. The minimum atomic E-state index is -0.407. The predicted octanol–water partition coefficient (Wildman–Crippen LogP) is 0.756. The molecule has 0 aliphatic carbocycles. The number of benzene rings is 1. The van der Waals surface area contributed by atoms with E-state index in [0.29, 0.717) is 38.6 Å². The Morgan fingerprint density at radius 2 is 1.88 bits per heavy atom. The van der Waals surface area contributed by atoms with Gasteiger partial charge in [0.1, 0.15) is 0 Å². The van der Waals surface area contributed by atoms with Crippen LogP contribution in [0.5, 0.6) is 0 Å². The first-order chi connectivity index (χ1) is 12.1. The van der Waals surface area contributed by atoms with Crippen molar-refractivity contribution in [1.29, 1.82) is 0 Å². The molecule has 1 aromatic carbocycles. The molecule has 0 N–H and O–H groups in total. The standard InChI is InChI=1S/C18H22N2O5/c1-2-25-17(22)11-13-3-5-14(6-4-13)20-16(21)12-15(18(20)23)19-7-9-24-10-8-19/h3-6,15H,2,7-12H2,1H3. The monoisotopic (exact) mass is 346 g/mol. The number of morpholine rings is 1. The molecule has 2 aliphatic heterocycles. The van der Waals surface area contributed by atoms with Crippen molar-refractivity contribution in [2.24, 2.45) is 0 Å². The Labute approximate surface area is 146 Å². The van der Waals surface area contributed by atoms with Gasteiger partial charge in [-0.05, 0) is 24.6 Å². The number of hydrogen-bond acceptors (Lipinski definition) is 6. The van der Waals surface area contributed by atoms with Crippen LogP contribution < -0.4 is 4.90 Å². The Bertz CT molecular complexity index is 652. The third-order valence-electron chi connectivity index (χ3n) is 4.46. The number of hydrogen-bond donors (Lipinski definition) is 0. The Morgan fingerprint density at radius 1 is 1.20 bits per heavy atom. The summed E-state index contributed by atoms with van der Waals surface area (Å²) in [6.07, 6.45) is 0.371. The summed E-state index contributed by atoms with van der Waals surface area (Å²) < 4.78 is 10.2. The lowest BCUT2D eigenvalue weighted by atomic mass is 10.1. The summed E-state index contributed by atoms with van der Waals surface area (Å²) in [6.45, 7) is 4.60. The molecule has 2 amide bonds. The van der Waals surface area contributed by atoms with Crippen LogP contribution in [-0.4, -0.2) is 61.6 Å². The third-order valence-corrected chi connectivity index (χ3v) is 4.46. The van der Waals surface area contributed by atoms with Gasteiger partial charge in [-0.1, -0.05) is 12.1 Å². The van der Waals surface area contributed by atoms with E-state index >= 15 is 0 Å². The molecule has 7 nitrogen and oxygen atoms in total. The quantitative estimate of drug-likeness (QED) is 0.579. The van der Waals surface area contributed by atoms with Gasteiger partial charge in [-0.25, -0.2) is 4.90 Å². The average molecular weight is 346 g/mol. The summed E-state index contributed by atoms with van der Waals surface area (Å²) in [7, 11) is 0. The molecular weight excluding hydrogens is 324 g/mol. The predicted molar refractivity (Wildman–Crippen MR) is 90.1 cm³/mol. The van der Waals surface area contributed by atoms with Crippen molar-refractivity contribution in [1.82, 2.24) is 4.90 Å². The largest absolute Gasteiger partial charge is 0.466 e. The molecule has 2 saturated heterocycles. The highest BCUT2D eigenvalue weighted by Gasteiger charge is 2.42. The number of nitrogens with zero attached hydrogens (tertiary/aromatic N) is 2. The van der Waals surface area contributed by atoms with Crippen LogP contribution in [0.2, 0.25) is 0 Å². The molecule has 0 aromatic heterocycles. The molecule has 0 saturated carbocycles. The van der Waals surface area contributed by atoms with E-state index in [4.69, 9.17) is 9.47 Å². The van der Waals surface area contributed by atoms with Gasteiger partial charge < -0.3 is 9.47 Å². The van der Waals surface area contributed by atoms with E-state index in [-0.39, 0.29) is 30.6 Å². The fraction of sp³-hybridized carbons (Fsp3) is 0.500. The van der Waals surface area contributed by atoms with Crippen molar-refractivity contribution in [2.75, 3.05) is 37.8 Å². The number of amides is 2. The minimum Gasteiger partial charge on any atom is -0.466 e. The van der Waals surface area contributed by atoms with E-state index in [2.05, 4.69) is 0 Å². The lowest BCUT2D eigenvalue weighted by molar-refractivity contribution is -0.142. The highest BCUT2D eigenvalue weighted by atomic mass is 16.5. The summed E-state index contributed by atoms with van der Waals surface area (Å²) in [5.41, 5.74) is 1.32. The van der Waals surface area contributed by atoms with Gasteiger partial charge in [0, 0.05) is 13.1 Å². The summed E-state index contributed by atoms with van der Waals surface area (Å²) in [6, 6.07) is 6.48. The van der Waals surface area contributed by atoms with Gasteiger partial charge in [-0.3, -0.25) is 19.3 Å². The first kappa shape index (κ1) is 17.6. The van der Waals surface area contributed by atoms with Crippen LogP contribution in [0.4, 0.5) is 5.69 Å². The van der Waals surface area contributed by atoms with E-state index in [1.165, 1.54) is 4.90 Å².